The van der Waals surface area contributed by atoms with E-state index in [9.17, 15) is 5.11 Å². The SMILES string of the molecule is COc1nc(N2CCC(C)C2CO)ccc1N. The molecule has 1 fully saturated rings. The second-order valence-corrected chi connectivity index (χ2v) is 4.48. The molecule has 0 radical (unpaired) electrons. The molecule has 2 heterocycles. The molecule has 0 aliphatic carbocycles. The van der Waals surface area contributed by atoms with Crippen LogP contribution in [0.2, 0.25) is 0 Å². The Balaban J connectivity index is 2.28. The molecule has 1 saturated heterocycles. The Hall–Kier alpha value is -1.49. The maximum Gasteiger partial charge on any atom is 0.238 e. The predicted octanol–water partition coefficient (Wildman–Crippen LogP) is 0.879. The van der Waals surface area contributed by atoms with Crippen LogP contribution in [0, 0.1) is 5.92 Å². The van der Waals surface area contributed by atoms with Crippen molar-refractivity contribution in [2.24, 2.45) is 5.92 Å². The van der Waals surface area contributed by atoms with Gasteiger partial charge in [-0.15, -0.1) is 0 Å². The number of anilines is 2. The average Bonchev–Trinajstić information content (AvgIpc) is 2.71. The monoisotopic (exact) mass is 237 g/mol. The summed E-state index contributed by atoms with van der Waals surface area (Å²) in [6.07, 6.45) is 1.07. The van der Waals surface area contributed by atoms with Crippen molar-refractivity contribution in [1.29, 1.82) is 0 Å². The molecule has 0 spiro atoms. The van der Waals surface area contributed by atoms with Gasteiger partial charge in [0.1, 0.15) is 5.82 Å². The summed E-state index contributed by atoms with van der Waals surface area (Å²) < 4.78 is 5.12. The maximum absolute atomic E-state index is 9.42. The molecule has 1 aliphatic heterocycles. The van der Waals surface area contributed by atoms with E-state index in [1.165, 1.54) is 0 Å². The van der Waals surface area contributed by atoms with Crippen molar-refractivity contribution in [2.75, 3.05) is 30.9 Å². The summed E-state index contributed by atoms with van der Waals surface area (Å²) in [5.74, 6) is 1.74. The van der Waals surface area contributed by atoms with Gasteiger partial charge in [-0.25, -0.2) is 0 Å². The quantitative estimate of drug-likeness (QED) is 0.816. The number of methoxy groups -OCH3 is 1. The number of nitrogens with two attached hydrogens (primary N) is 1. The van der Waals surface area contributed by atoms with Crippen molar-refractivity contribution in [3.05, 3.63) is 12.1 Å². The highest BCUT2D eigenvalue weighted by molar-refractivity contribution is 5.55. The first-order chi connectivity index (χ1) is 8.17. The van der Waals surface area contributed by atoms with Gasteiger partial charge in [-0.05, 0) is 24.5 Å². The first-order valence-electron chi connectivity index (χ1n) is 5.85. The van der Waals surface area contributed by atoms with Crippen molar-refractivity contribution in [3.63, 3.8) is 0 Å². The lowest BCUT2D eigenvalue weighted by atomic mass is 10.0. The molecule has 2 unspecified atom stereocenters. The summed E-state index contributed by atoms with van der Waals surface area (Å²) >= 11 is 0. The van der Waals surface area contributed by atoms with Gasteiger partial charge >= 0.3 is 0 Å². The number of hydrogen-bond acceptors (Lipinski definition) is 5. The third-order valence-electron chi connectivity index (χ3n) is 3.43. The highest BCUT2D eigenvalue weighted by Crippen LogP contribution is 2.30. The molecule has 94 valence electrons. The van der Waals surface area contributed by atoms with Crippen LogP contribution in [0.5, 0.6) is 5.88 Å². The van der Waals surface area contributed by atoms with Crippen LogP contribution in [0.25, 0.3) is 0 Å². The number of ether oxygens (including phenoxy) is 1. The van der Waals surface area contributed by atoms with Gasteiger partial charge < -0.3 is 20.5 Å². The molecular formula is C12H19N3O2. The van der Waals surface area contributed by atoms with E-state index in [1.807, 2.05) is 6.07 Å². The minimum atomic E-state index is 0.135. The first-order valence-corrected chi connectivity index (χ1v) is 5.85. The number of rotatable bonds is 3. The van der Waals surface area contributed by atoms with E-state index in [0.717, 1.165) is 18.8 Å². The Labute approximate surface area is 101 Å². The molecule has 1 aromatic heterocycles. The van der Waals surface area contributed by atoms with Gasteiger partial charge in [0.2, 0.25) is 5.88 Å². The van der Waals surface area contributed by atoms with E-state index < -0.39 is 0 Å². The summed E-state index contributed by atoms with van der Waals surface area (Å²) in [4.78, 5) is 6.49. The zero-order chi connectivity index (χ0) is 12.4. The molecule has 5 heteroatoms. The molecule has 3 N–H and O–H groups in total. The maximum atomic E-state index is 9.42. The Morgan fingerprint density at radius 1 is 1.59 bits per heavy atom. The van der Waals surface area contributed by atoms with Crippen LogP contribution in [0.4, 0.5) is 11.5 Å². The first kappa shape index (κ1) is 12.0. The minimum absolute atomic E-state index is 0.135. The van der Waals surface area contributed by atoms with Gasteiger partial charge in [0.25, 0.3) is 0 Å². The zero-order valence-corrected chi connectivity index (χ0v) is 10.3. The number of nitrogens with zero attached hydrogens (tertiary/aromatic N) is 2. The molecular weight excluding hydrogens is 218 g/mol. The second-order valence-electron chi connectivity index (χ2n) is 4.48. The molecule has 5 nitrogen and oxygen atoms in total. The predicted molar refractivity (Wildman–Crippen MR) is 67.2 cm³/mol. The molecule has 2 rings (SSSR count). The molecule has 1 aromatic rings. The number of pyridine rings is 1. The standard InChI is InChI=1S/C12H19N3O2/c1-8-5-6-15(10(8)7-16)11-4-3-9(13)12(14-11)17-2/h3-4,8,10,16H,5-7,13H2,1-2H3. The highest BCUT2D eigenvalue weighted by Gasteiger charge is 2.31. The van der Waals surface area contributed by atoms with Gasteiger partial charge in [0.05, 0.1) is 25.4 Å². The third kappa shape index (κ3) is 2.15. The van der Waals surface area contributed by atoms with Crippen molar-refractivity contribution in [2.45, 2.75) is 19.4 Å². The summed E-state index contributed by atoms with van der Waals surface area (Å²) in [6, 6.07) is 3.80. The van der Waals surface area contributed by atoms with Crippen LogP contribution in [0.15, 0.2) is 12.1 Å². The van der Waals surface area contributed by atoms with Crippen LogP contribution in [0.3, 0.4) is 0 Å². The third-order valence-corrected chi connectivity index (χ3v) is 3.43. The lowest BCUT2D eigenvalue weighted by Crippen LogP contribution is -2.35. The lowest BCUT2D eigenvalue weighted by molar-refractivity contribution is 0.244. The Morgan fingerprint density at radius 2 is 2.35 bits per heavy atom. The molecule has 1 aliphatic rings. The van der Waals surface area contributed by atoms with Crippen LogP contribution in [-0.4, -0.2) is 36.4 Å². The van der Waals surface area contributed by atoms with Gasteiger partial charge in [0.15, 0.2) is 0 Å². The summed E-state index contributed by atoms with van der Waals surface area (Å²) in [7, 11) is 1.55. The number of nitrogen functional groups attached to an aromatic ring is 1. The van der Waals surface area contributed by atoms with Crippen molar-refractivity contribution in [3.8, 4) is 5.88 Å². The lowest BCUT2D eigenvalue weighted by Gasteiger charge is -2.26. The number of aromatic nitrogens is 1. The Bertz CT molecular complexity index is 397. The van der Waals surface area contributed by atoms with Gasteiger partial charge in [0, 0.05) is 6.54 Å². The number of aliphatic hydroxyl groups is 1. The molecule has 0 aromatic carbocycles. The van der Waals surface area contributed by atoms with Crippen molar-refractivity contribution < 1.29 is 9.84 Å². The van der Waals surface area contributed by atoms with Gasteiger partial charge in [-0.2, -0.15) is 4.98 Å². The summed E-state index contributed by atoms with van der Waals surface area (Å²) in [6.45, 7) is 3.21. The topological polar surface area (TPSA) is 71.6 Å². The summed E-state index contributed by atoms with van der Waals surface area (Å²) in [5, 5.41) is 9.42. The second kappa shape index (κ2) is 4.79. The van der Waals surface area contributed by atoms with Crippen LogP contribution in [0.1, 0.15) is 13.3 Å². The minimum Gasteiger partial charge on any atom is -0.479 e. The van der Waals surface area contributed by atoms with E-state index >= 15 is 0 Å². The van der Waals surface area contributed by atoms with Crippen LogP contribution >= 0.6 is 0 Å². The fourth-order valence-electron chi connectivity index (χ4n) is 2.34. The highest BCUT2D eigenvalue weighted by atomic mass is 16.5. The fourth-order valence-corrected chi connectivity index (χ4v) is 2.34. The van der Waals surface area contributed by atoms with E-state index in [4.69, 9.17) is 10.5 Å². The Morgan fingerprint density at radius 3 is 3.00 bits per heavy atom. The number of hydrogen-bond donors (Lipinski definition) is 2. The van der Waals surface area contributed by atoms with E-state index in [0.29, 0.717) is 17.5 Å². The van der Waals surface area contributed by atoms with Crippen molar-refractivity contribution >= 4 is 11.5 Å². The van der Waals surface area contributed by atoms with Gasteiger partial charge in [-0.1, -0.05) is 6.92 Å². The number of aliphatic hydroxyl groups excluding tert-OH is 1. The molecule has 0 bridgehead atoms. The van der Waals surface area contributed by atoms with E-state index in [-0.39, 0.29) is 12.6 Å². The largest absolute Gasteiger partial charge is 0.479 e. The molecule has 17 heavy (non-hydrogen) atoms. The average molecular weight is 237 g/mol. The van der Waals surface area contributed by atoms with Crippen molar-refractivity contribution in [1.82, 2.24) is 4.98 Å². The fraction of sp³-hybridized carbons (Fsp3) is 0.583. The molecule has 2 atom stereocenters. The van der Waals surface area contributed by atoms with Crippen LogP contribution < -0.4 is 15.4 Å². The van der Waals surface area contributed by atoms with E-state index in [1.54, 1.807) is 13.2 Å². The smallest absolute Gasteiger partial charge is 0.238 e. The van der Waals surface area contributed by atoms with Gasteiger partial charge in [-0.3, -0.25) is 0 Å². The zero-order valence-electron chi connectivity index (χ0n) is 10.3. The normalized spacial score (nSPS) is 24.1. The van der Waals surface area contributed by atoms with E-state index in [2.05, 4.69) is 16.8 Å². The summed E-state index contributed by atoms with van der Waals surface area (Å²) in [5.41, 5.74) is 6.27. The Kier molecular flexibility index (Phi) is 3.38. The molecule has 0 saturated carbocycles. The van der Waals surface area contributed by atoms with Crippen LogP contribution in [-0.2, 0) is 0 Å². The molecule has 0 amide bonds.